The number of aliphatic hydroxyl groups is 1. The molecule has 2 heterocycles. The number of carbonyl (C=O) groups is 3. The Labute approximate surface area is 251 Å². The molecule has 4 amide bonds. The summed E-state index contributed by atoms with van der Waals surface area (Å²) in [7, 11) is 0. The molecule has 42 heavy (non-hydrogen) atoms. The minimum absolute atomic E-state index is 0.133. The number of quaternary nitrogens is 1. The number of thiazole rings is 1. The SMILES string of the molecule is CC(C)CC([C@@H](O)c1nccs1)N(C(=O)OC(C)(C)C)C(C)CC1=C[N@@+](C(N)=O)(C(=O)[C@@H](N)Cc2ccccc2)C=N1. The summed E-state index contributed by atoms with van der Waals surface area (Å²) < 4.78 is 4.81. The third-order valence-corrected chi connectivity index (χ3v) is 7.67. The first-order chi connectivity index (χ1) is 19.6. The molecule has 12 heteroatoms. The van der Waals surface area contributed by atoms with Crippen LogP contribution in [0.15, 0.2) is 58.8 Å². The molecule has 5 N–H and O–H groups in total. The van der Waals surface area contributed by atoms with Gasteiger partial charge >= 0.3 is 18.0 Å². The fourth-order valence-electron chi connectivity index (χ4n) is 4.93. The fraction of sp³-hybridized carbons (Fsp3) is 0.500. The second-order valence-electron chi connectivity index (χ2n) is 12.1. The Hall–Kier alpha value is -3.45. The maximum Gasteiger partial charge on any atom is 0.432 e. The summed E-state index contributed by atoms with van der Waals surface area (Å²) in [6, 6.07) is 6.08. The molecule has 0 saturated heterocycles. The Morgan fingerprint density at radius 3 is 2.33 bits per heavy atom. The Bertz CT molecular complexity index is 1290. The van der Waals surface area contributed by atoms with Gasteiger partial charge < -0.3 is 21.3 Å². The molecule has 1 aromatic carbocycles. The van der Waals surface area contributed by atoms with Crippen molar-refractivity contribution in [3.63, 3.8) is 0 Å². The predicted molar refractivity (Wildman–Crippen MR) is 162 cm³/mol. The quantitative estimate of drug-likeness (QED) is 0.321. The summed E-state index contributed by atoms with van der Waals surface area (Å²) in [6.07, 6.45) is 3.37. The molecule has 0 saturated carbocycles. The number of benzene rings is 1. The number of aliphatic imine (C=N–C) groups is 1. The molecule has 228 valence electrons. The van der Waals surface area contributed by atoms with Crippen LogP contribution in [0.2, 0.25) is 0 Å². The average molecular weight is 600 g/mol. The Morgan fingerprint density at radius 2 is 1.79 bits per heavy atom. The number of nitrogens with zero attached hydrogens (tertiary/aromatic N) is 4. The smallest absolute Gasteiger partial charge is 0.432 e. The van der Waals surface area contributed by atoms with E-state index in [1.165, 1.54) is 28.8 Å². The first kappa shape index (κ1) is 33.1. The van der Waals surface area contributed by atoms with Crippen molar-refractivity contribution in [2.24, 2.45) is 22.4 Å². The van der Waals surface area contributed by atoms with E-state index >= 15 is 0 Å². The molecule has 1 aliphatic rings. The zero-order valence-corrected chi connectivity index (χ0v) is 26.0. The largest absolute Gasteiger partial charge is 0.444 e. The van der Waals surface area contributed by atoms with E-state index < -0.39 is 52.3 Å². The van der Waals surface area contributed by atoms with Gasteiger partial charge in [0.15, 0.2) is 0 Å². The molecule has 2 aromatic rings. The zero-order chi connectivity index (χ0) is 31.2. The maximum absolute atomic E-state index is 13.6. The number of hydrogen-bond acceptors (Lipinski definition) is 9. The van der Waals surface area contributed by atoms with E-state index in [0.29, 0.717) is 17.1 Å². The Balaban J connectivity index is 1.92. The number of imide groups is 1. The number of urea groups is 1. The molecular formula is C30H43N6O5S+. The molecule has 0 spiro atoms. The lowest BCUT2D eigenvalue weighted by atomic mass is 9.96. The molecule has 5 atom stereocenters. The highest BCUT2D eigenvalue weighted by molar-refractivity contribution is 7.09. The van der Waals surface area contributed by atoms with Crippen LogP contribution in [0.5, 0.6) is 0 Å². The number of hydrogen-bond donors (Lipinski definition) is 3. The normalized spacial score (nSPS) is 19.6. The molecule has 11 nitrogen and oxygen atoms in total. The van der Waals surface area contributed by atoms with Gasteiger partial charge in [-0.1, -0.05) is 44.2 Å². The van der Waals surface area contributed by atoms with Gasteiger partial charge in [-0.15, -0.1) is 15.8 Å². The van der Waals surface area contributed by atoms with Crippen LogP contribution < -0.4 is 11.5 Å². The molecule has 1 aliphatic heterocycles. The van der Waals surface area contributed by atoms with E-state index in [1.54, 1.807) is 32.3 Å². The number of primary amides is 1. The van der Waals surface area contributed by atoms with Crippen molar-refractivity contribution in [3.05, 3.63) is 64.4 Å². The molecule has 0 radical (unpaired) electrons. The number of ether oxygens (including phenoxy) is 1. The van der Waals surface area contributed by atoms with Gasteiger partial charge in [0, 0.05) is 30.5 Å². The number of aromatic nitrogens is 1. The second-order valence-corrected chi connectivity index (χ2v) is 13.0. The summed E-state index contributed by atoms with van der Waals surface area (Å²) in [5.74, 6) is -0.480. The van der Waals surface area contributed by atoms with Crippen LogP contribution in [0.3, 0.4) is 0 Å². The van der Waals surface area contributed by atoms with E-state index in [9.17, 15) is 19.5 Å². The second kappa shape index (κ2) is 13.7. The summed E-state index contributed by atoms with van der Waals surface area (Å²) in [5, 5.41) is 13.6. The highest BCUT2D eigenvalue weighted by atomic mass is 32.1. The summed E-state index contributed by atoms with van der Waals surface area (Å²) in [6.45, 7) is 11.1. The molecule has 1 aromatic heterocycles. The highest BCUT2D eigenvalue weighted by Crippen LogP contribution is 2.33. The standard InChI is InChI=1S/C30H42N6O5S/c1-19(2)14-24(25(37)26-33-12-13-42-26)35(29(40)41-30(4,5)6)20(3)15-22-17-36(18-34-22,28(32)39)27(38)23(31)16-21-10-8-7-9-11-21/h7-13,17-20,23-25,37H,14-16,31H2,1-6H3,(H-,32,39)/p+1/t20?,23-,24?,25+,36-/m0/s1. The van der Waals surface area contributed by atoms with E-state index in [2.05, 4.69) is 9.98 Å². The molecule has 0 fully saturated rings. The highest BCUT2D eigenvalue weighted by Gasteiger charge is 2.48. The van der Waals surface area contributed by atoms with E-state index in [-0.39, 0.29) is 18.8 Å². The topological polar surface area (TPSA) is 161 Å². The van der Waals surface area contributed by atoms with Crippen LogP contribution in [0.1, 0.15) is 71.1 Å². The Morgan fingerprint density at radius 1 is 1.12 bits per heavy atom. The lowest BCUT2D eigenvalue weighted by Gasteiger charge is -2.40. The first-order valence-electron chi connectivity index (χ1n) is 14.0. The molecule has 2 unspecified atom stereocenters. The zero-order valence-electron chi connectivity index (χ0n) is 25.1. The van der Waals surface area contributed by atoms with Crippen LogP contribution in [0.25, 0.3) is 0 Å². The number of carbonyl (C=O) groups excluding carboxylic acids is 3. The van der Waals surface area contributed by atoms with Gasteiger partial charge in [0.25, 0.3) is 0 Å². The van der Waals surface area contributed by atoms with Crippen molar-refractivity contribution in [1.82, 2.24) is 9.88 Å². The lowest BCUT2D eigenvalue weighted by molar-refractivity contribution is -0.606. The van der Waals surface area contributed by atoms with Crippen molar-refractivity contribution in [2.75, 3.05) is 0 Å². The first-order valence-corrected chi connectivity index (χ1v) is 14.9. The van der Waals surface area contributed by atoms with Crippen molar-refractivity contribution >= 4 is 35.7 Å². The van der Waals surface area contributed by atoms with Crippen LogP contribution >= 0.6 is 11.3 Å². The number of aliphatic hydroxyl groups excluding tert-OH is 1. The van der Waals surface area contributed by atoms with Gasteiger partial charge in [0.2, 0.25) is 6.34 Å². The van der Waals surface area contributed by atoms with Crippen LogP contribution in [-0.4, -0.2) is 67.6 Å². The maximum atomic E-state index is 13.6. The van der Waals surface area contributed by atoms with Gasteiger partial charge in [-0.2, -0.15) is 0 Å². The number of rotatable bonds is 11. The number of nitrogens with two attached hydrogens (primary N) is 2. The van der Waals surface area contributed by atoms with Crippen LogP contribution in [-0.2, 0) is 16.0 Å². The molecular weight excluding hydrogens is 556 g/mol. The van der Waals surface area contributed by atoms with Crippen molar-refractivity contribution in [1.29, 1.82) is 0 Å². The third-order valence-electron chi connectivity index (χ3n) is 6.83. The summed E-state index contributed by atoms with van der Waals surface area (Å²) in [4.78, 5) is 50.0. The third kappa shape index (κ3) is 8.09. The molecule has 0 aliphatic carbocycles. The van der Waals surface area contributed by atoms with Crippen molar-refractivity contribution in [2.45, 2.75) is 90.6 Å². The number of amides is 4. The van der Waals surface area contributed by atoms with Gasteiger partial charge in [0.1, 0.15) is 34.7 Å². The monoisotopic (exact) mass is 599 g/mol. The van der Waals surface area contributed by atoms with Crippen LogP contribution in [0, 0.1) is 5.92 Å². The minimum atomic E-state index is -1.05. The van der Waals surface area contributed by atoms with Crippen LogP contribution in [0.4, 0.5) is 9.59 Å². The molecule has 3 rings (SSSR count). The van der Waals surface area contributed by atoms with Crippen molar-refractivity contribution < 1.29 is 28.7 Å². The van der Waals surface area contributed by atoms with Gasteiger partial charge in [0.05, 0.1) is 6.04 Å². The predicted octanol–water partition coefficient (Wildman–Crippen LogP) is 4.48. The Kier molecular flexibility index (Phi) is 10.8. The van der Waals surface area contributed by atoms with E-state index in [0.717, 1.165) is 5.56 Å². The summed E-state index contributed by atoms with van der Waals surface area (Å²) in [5.41, 5.74) is 12.4. The summed E-state index contributed by atoms with van der Waals surface area (Å²) >= 11 is 1.30. The minimum Gasteiger partial charge on any atom is -0.444 e. The lowest BCUT2D eigenvalue weighted by Crippen LogP contribution is -2.59. The van der Waals surface area contributed by atoms with Gasteiger partial charge in [-0.25, -0.2) is 24.4 Å². The fourth-order valence-corrected chi connectivity index (χ4v) is 5.61. The van der Waals surface area contributed by atoms with E-state index in [4.69, 9.17) is 16.2 Å². The van der Waals surface area contributed by atoms with Gasteiger partial charge in [-0.3, -0.25) is 4.90 Å². The van der Waals surface area contributed by atoms with Gasteiger partial charge in [-0.05, 0) is 45.6 Å². The molecule has 0 bridgehead atoms. The van der Waals surface area contributed by atoms with Crippen molar-refractivity contribution in [3.8, 4) is 0 Å². The van der Waals surface area contributed by atoms with E-state index in [1.807, 2.05) is 51.1 Å². The average Bonchev–Trinajstić information content (AvgIpc) is 3.58.